The third kappa shape index (κ3) is 3.04. The number of benzene rings is 2. The Bertz CT molecular complexity index is 1040. The van der Waals surface area contributed by atoms with Crippen molar-refractivity contribution in [3.05, 3.63) is 59.3 Å². The summed E-state index contributed by atoms with van der Waals surface area (Å²) in [7, 11) is 2.14. The van der Waals surface area contributed by atoms with Crippen LogP contribution < -0.4 is 14.8 Å². The van der Waals surface area contributed by atoms with Crippen molar-refractivity contribution in [1.29, 1.82) is 0 Å². The molecule has 3 heterocycles. The van der Waals surface area contributed by atoms with Gasteiger partial charge in [0.25, 0.3) is 0 Å². The average molecular weight is 377 g/mol. The number of ether oxygens (including phenoxy) is 2. The Hall–Kier alpha value is -2.83. The summed E-state index contributed by atoms with van der Waals surface area (Å²) in [6, 6.07) is 13.8. The molecule has 3 aromatic rings. The molecular formula is C22H23N3O3. The molecule has 0 radical (unpaired) electrons. The number of nitrogens with one attached hydrogen (secondary N) is 2. The maximum Gasteiger partial charge on any atom is 0.231 e. The molecular weight excluding hydrogens is 354 g/mol. The summed E-state index contributed by atoms with van der Waals surface area (Å²) in [5, 5.41) is 4.70. The molecule has 1 saturated heterocycles. The van der Waals surface area contributed by atoms with Crippen molar-refractivity contribution in [3.63, 3.8) is 0 Å². The molecule has 5 rings (SSSR count). The second-order valence-corrected chi connectivity index (χ2v) is 7.54. The van der Waals surface area contributed by atoms with Gasteiger partial charge in [0.1, 0.15) is 0 Å². The van der Waals surface area contributed by atoms with Gasteiger partial charge in [0.05, 0.1) is 5.69 Å². The van der Waals surface area contributed by atoms with Crippen LogP contribution in [0.4, 0.5) is 0 Å². The van der Waals surface area contributed by atoms with E-state index in [1.165, 1.54) is 0 Å². The Labute approximate surface area is 163 Å². The first-order chi connectivity index (χ1) is 13.7. The summed E-state index contributed by atoms with van der Waals surface area (Å²) in [6.07, 6.45) is 0.806. The van der Waals surface area contributed by atoms with E-state index in [0.717, 1.165) is 42.5 Å². The minimum atomic E-state index is -0.0198. The predicted molar refractivity (Wildman–Crippen MR) is 107 cm³/mol. The monoisotopic (exact) mass is 377 g/mol. The highest BCUT2D eigenvalue weighted by Crippen LogP contribution is 2.34. The molecule has 2 aliphatic heterocycles. The number of para-hydroxylation sites is 1. The number of H-pyrrole nitrogens is 1. The molecule has 1 aromatic heterocycles. The zero-order valence-electron chi connectivity index (χ0n) is 15.8. The van der Waals surface area contributed by atoms with Crippen LogP contribution >= 0.6 is 0 Å². The largest absolute Gasteiger partial charge is 0.454 e. The molecule has 1 atom stereocenters. The second-order valence-electron chi connectivity index (χ2n) is 7.54. The molecule has 0 aliphatic carbocycles. The van der Waals surface area contributed by atoms with E-state index in [4.69, 9.17) is 9.47 Å². The van der Waals surface area contributed by atoms with E-state index in [1.54, 1.807) is 18.2 Å². The van der Waals surface area contributed by atoms with Gasteiger partial charge in [-0.25, -0.2) is 0 Å². The smallest absolute Gasteiger partial charge is 0.231 e. The van der Waals surface area contributed by atoms with E-state index >= 15 is 0 Å². The molecule has 144 valence electrons. The summed E-state index contributed by atoms with van der Waals surface area (Å²) >= 11 is 0. The number of piperazine rings is 1. The quantitative estimate of drug-likeness (QED) is 0.684. The first kappa shape index (κ1) is 17.3. The Morgan fingerprint density at radius 3 is 2.93 bits per heavy atom. The van der Waals surface area contributed by atoms with Crippen molar-refractivity contribution in [2.45, 2.75) is 12.5 Å². The van der Waals surface area contributed by atoms with E-state index in [0.29, 0.717) is 28.8 Å². The van der Waals surface area contributed by atoms with Crippen molar-refractivity contribution < 1.29 is 14.3 Å². The minimum Gasteiger partial charge on any atom is -0.454 e. The number of ketones is 1. The van der Waals surface area contributed by atoms with Crippen molar-refractivity contribution in [3.8, 4) is 11.5 Å². The molecule has 2 aromatic carbocycles. The van der Waals surface area contributed by atoms with Gasteiger partial charge < -0.3 is 24.7 Å². The van der Waals surface area contributed by atoms with Crippen molar-refractivity contribution in [2.75, 3.05) is 33.5 Å². The van der Waals surface area contributed by atoms with Crippen LogP contribution in [0.25, 0.3) is 10.9 Å². The number of likely N-dealkylation sites (N-methyl/N-ethyl adjacent to an activating group) is 1. The van der Waals surface area contributed by atoms with Crippen LogP contribution in [0.3, 0.4) is 0 Å². The first-order valence-electron chi connectivity index (χ1n) is 9.65. The Morgan fingerprint density at radius 1 is 1.18 bits per heavy atom. The average Bonchev–Trinajstić information content (AvgIpc) is 3.32. The minimum absolute atomic E-state index is 0.0198. The third-order valence-corrected chi connectivity index (χ3v) is 5.58. The second kappa shape index (κ2) is 6.96. The molecule has 28 heavy (non-hydrogen) atoms. The molecule has 0 unspecified atom stereocenters. The van der Waals surface area contributed by atoms with Crippen molar-refractivity contribution in [1.82, 2.24) is 15.2 Å². The highest BCUT2D eigenvalue weighted by Gasteiger charge is 2.25. The van der Waals surface area contributed by atoms with Crippen LogP contribution in [-0.2, 0) is 6.42 Å². The van der Waals surface area contributed by atoms with E-state index in [-0.39, 0.29) is 12.6 Å². The topological polar surface area (TPSA) is 66.6 Å². The number of hydrogen-bond acceptors (Lipinski definition) is 5. The molecule has 2 N–H and O–H groups in total. The molecule has 1 fully saturated rings. The molecule has 2 aliphatic rings. The highest BCUT2D eigenvalue weighted by atomic mass is 16.7. The summed E-state index contributed by atoms with van der Waals surface area (Å²) in [5.74, 6) is 1.29. The lowest BCUT2D eigenvalue weighted by molar-refractivity contribution is 0.103. The van der Waals surface area contributed by atoms with Crippen molar-refractivity contribution >= 4 is 16.7 Å². The van der Waals surface area contributed by atoms with Crippen LogP contribution in [-0.4, -0.2) is 55.2 Å². The number of aromatic nitrogens is 1. The summed E-state index contributed by atoms with van der Waals surface area (Å²) in [6.45, 7) is 3.19. The van der Waals surface area contributed by atoms with E-state index in [9.17, 15) is 4.79 Å². The number of carbonyl (C=O) groups excluding carboxylic acids is 1. The lowest BCUT2D eigenvalue weighted by Crippen LogP contribution is -2.50. The molecule has 0 saturated carbocycles. The van der Waals surface area contributed by atoms with Crippen molar-refractivity contribution in [2.24, 2.45) is 0 Å². The number of aromatic amines is 1. The summed E-state index contributed by atoms with van der Waals surface area (Å²) in [4.78, 5) is 19.1. The number of hydrogen-bond donors (Lipinski definition) is 2. The number of nitrogens with zero attached hydrogens (tertiary/aromatic N) is 1. The van der Waals surface area contributed by atoms with Crippen LogP contribution in [0, 0.1) is 0 Å². The number of rotatable bonds is 4. The predicted octanol–water partition coefficient (Wildman–Crippen LogP) is 2.57. The maximum atomic E-state index is 13.4. The molecule has 6 heteroatoms. The van der Waals surface area contributed by atoms with Gasteiger partial charge in [0.15, 0.2) is 11.5 Å². The van der Waals surface area contributed by atoms with Gasteiger partial charge in [-0.1, -0.05) is 18.2 Å². The van der Waals surface area contributed by atoms with Gasteiger partial charge in [0.2, 0.25) is 12.6 Å². The highest BCUT2D eigenvalue weighted by molar-refractivity contribution is 6.12. The summed E-state index contributed by atoms with van der Waals surface area (Å²) in [5.41, 5.74) is 3.33. The fraction of sp³-hybridized carbons (Fsp3) is 0.318. The van der Waals surface area contributed by atoms with Gasteiger partial charge in [-0.05, 0) is 43.3 Å². The fourth-order valence-electron chi connectivity index (χ4n) is 4.16. The lowest BCUT2D eigenvalue weighted by Gasteiger charge is -2.31. The van der Waals surface area contributed by atoms with Gasteiger partial charge in [-0.3, -0.25) is 4.79 Å². The summed E-state index contributed by atoms with van der Waals surface area (Å²) < 4.78 is 10.8. The SMILES string of the molecule is CN1CCN[C@@H](Cc2c(C(=O)c3ccc4c(c3)OCO4)[nH]c3ccccc23)C1. The van der Waals surface area contributed by atoms with E-state index in [1.807, 2.05) is 18.2 Å². The van der Waals surface area contributed by atoms with E-state index < -0.39 is 0 Å². The van der Waals surface area contributed by atoms with Crippen LogP contribution in [0.15, 0.2) is 42.5 Å². The lowest BCUT2D eigenvalue weighted by atomic mass is 9.97. The van der Waals surface area contributed by atoms with Crippen LogP contribution in [0.5, 0.6) is 11.5 Å². The molecule has 0 spiro atoms. The van der Waals surface area contributed by atoms with Gasteiger partial charge in [-0.2, -0.15) is 0 Å². The normalized spacial score (nSPS) is 19.2. The van der Waals surface area contributed by atoms with Gasteiger partial charge in [0, 0.05) is 42.1 Å². The van der Waals surface area contributed by atoms with Gasteiger partial charge in [-0.15, -0.1) is 0 Å². The Balaban J connectivity index is 1.54. The molecule has 6 nitrogen and oxygen atoms in total. The zero-order chi connectivity index (χ0) is 19.1. The Kier molecular flexibility index (Phi) is 4.30. The van der Waals surface area contributed by atoms with Gasteiger partial charge >= 0.3 is 0 Å². The van der Waals surface area contributed by atoms with E-state index in [2.05, 4.69) is 28.3 Å². The van der Waals surface area contributed by atoms with Crippen LogP contribution in [0.2, 0.25) is 0 Å². The molecule has 0 amide bonds. The standard InChI is InChI=1S/C22H23N3O3/c1-25-9-8-23-15(12-25)11-17-16-4-2-3-5-18(16)24-21(17)22(26)14-6-7-19-20(10-14)28-13-27-19/h2-7,10,15,23-24H,8-9,11-13H2,1H3/t15-/m0/s1. The number of carbonyl (C=O) groups is 1. The van der Waals surface area contributed by atoms with Crippen LogP contribution in [0.1, 0.15) is 21.6 Å². The Morgan fingerprint density at radius 2 is 2.04 bits per heavy atom. The third-order valence-electron chi connectivity index (χ3n) is 5.58. The number of fused-ring (bicyclic) bond motifs is 2. The fourth-order valence-corrected chi connectivity index (χ4v) is 4.16. The first-order valence-corrected chi connectivity index (χ1v) is 9.65. The zero-order valence-corrected chi connectivity index (χ0v) is 15.8. The maximum absolute atomic E-state index is 13.4. The molecule has 0 bridgehead atoms.